The first-order valence-electron chi connectivity index (χ1n) is 14.9. The van der Waals surface area contributed by atoms with Crippen LogP contribution in [0.5, 0.6) is 0 Å². The quantitative estimate of drug-likeness (QED) is 0.142. The summed E-state index contributed by atoms with van der Waals surface area (Å²) < 4.78 is 4.82. The van der Waals surface area contributed by atoms with Gasteiger partial charge in [-0.3, -0.25) is 0 Å². The number of hydrogen-bond acceptors (Lipinski definition) is 3. The van der Waals surface area contributed by atoms with Gasteiger partial charge >= 0.3 is 0 Å². The molecule has 0 atom stereocenters. The second kappa shape index (κ2) is 19.9. The molecule has 0 fully saturated rings. The molecular weight excluding hydrogens is 448 g/mol. The van der Waals surface area contributed by atoms with E-state index in [4.69, 9.17) is 9.97 Å². The number of aromatic nitrogens is 4. The zero-order valence-corrected chi connectivity index (χ0v) is 24.0. The van der Waals surface area contributed by atoms with E-state index in [1.54, 1.807) is 0 Å². The Labute approximate surface area is 221 Å². The Balaban J connectivity index is 1.86. The fourth-order valence-corrected chi connectivity index (χ4v) is 5.74. The average molecular weight is 503 g/mol. The Morgan fingerprint density at radius 3 is 1.40 bits per heavy atom. The van der Waals surface area contributed by atoms with E-state index in [1.165, 1.54) is 114 Å². The van der Waals surface area contributed by atoms with Gasteiger partial charge in [0.25, 0.3) is 0 Å². The van der Waals surface area contributed by atoms with Crippen molar-refractivity contribution in [1.82, 2.24) is 19.1 Å². The third kappa shape index (κ3) is 12.0. The molecule has 0 bridgehead atoms. The maximum atomic E-state index is 4.86. The molecule has 0 spiro atoms. The first-order chi connectivity index (χ1) is 17.3. The van der Waals surface area contributed by atoms with Gasteiger partial charge in [0.05, 0.1) is 5.92 Å². The van der Waals surface area contributed by atoms with E-state index in [0.29, 0.717) is 0 Å². The Bertz CT molecular complexity index is 680. The minimum Gasteiger partial charge on any atom is -0.334 e. The highest BCUT2D eigenvalue weighted by Crippen LogP contribution is 2.27. The maximum Gasteiger partial charge on any atom is 0.120 e. The Kier molecular flexibility index (Phi) is 17.1. The summed E-state index contributed by atoms with van der Waals surface area (Å²) in [6, 6.07) is 0. The second-order valence-corrected chi connectivity index (χ2v) is 11.4. The number of aryl methyl sites for hydroxylation is 2. The van der Waals surface area contributed by atoms with Crippen molar-refractivity contribution in [3.8, 4) is 0 Å². The third-order valence-electron chi connectivity index (χ3n) is 7.11. The monoisotopic (exact) mass is 502 g/mol. The van der Waals surface area contributed by atoms with E-state index in [2.05, 4.69) is 42.3 Å². The lowest BCUT2D eigenvalue weighted by molar-refractivity contribution is 0.514. The van der Waals surface area contributed by atoms with Crippen molar-refractivity contribution in [2.45, 2.75) is 143 Å². The highest BCUT2D eigenvalue weighted by atomic mass is 32.2. The molecule has 0 radical (unpaired) electrons. The first-order valence-corrected chi connectivity index (χ1v) is 16.1. The number of imidazole rings is 2. The van der Waals surface area contributed by atoms with Crippen molar-refractivity contribution < 1.29 is 0 Å². The predicted molar refractivity (Wildman–Crippen MR) is 155 cm³/mol. The Hall–Kier alpha value is -1.23. The summed E-state index contributed by atoms with van der Waals surface area (Å²) in [6.45, 7) is 8.99. The van der Waals surface area contributed by atoms with Crippen LogP contribution in [0.3, 0.4) is 0 Å². The molecule has 5 heteroatoms. The Morgan fingerprint density at radius 1 is 0.600 bits per heavy atom. The molecule has 0 amide bonds. The van der Waals surface area contributed by atoms with Crippen molar-refractivity contribution in [1.29, 1.82) is 0 Å². The van der Waals surface area contributed by atoms with Gasteiger partial charge in [0.1, 0.15) is 11.6 Å². The summed E-state index contributed by atoms with van der Waals surface area (Å²) in [6.07, 6.45) is 30.1. The van der Waals surface area contributed by atoms with Gasteiger partial charge in [-0.25, -0.2) is 9.97 Å². The molecule has 0 N–H and O–H groups in total. The molecule has 0 aliphatic carbocycles. The lowest BCUT2D eigenvalue weighted by Crippen LogP contribution is -2.18. The van der Waals surface area contributed by atoms with E-state index in [-0.39, 0.29) is 5.92 Å². The molecule has 0 unspecified atom stereocenters. The summed E-state index contributed by atoms with van der Waals surface area (Å²) >= 11 is 2.01. The fourth-order valence-electron chi connectivity index (χ4n) is 4.97. The molecule has 200 valence electrons. The molecule has 0 aliphatic rings. The van der Waals surface area contributed by atoms with Crippen LogP contribution in [0.15, 0.2) is 24.8 Å². The normalized spacial score (nSPS) is 11.7. The minimum atomic E-state index is 0.271. The van der Waals surface area contributed by atoms with Gasteiger partial charge in [-0.2, -0.15) is 11.8 Å². The fraction of sp³-hybridized carbons (Fsp3) is 0.800. The van der Waals surface area contributed by atoms with Crippen LogP contribution in [0, 0.1) is 0 Å². The van der Waals surface area contributed by atoms with Crippen LogP contribution in [0.4, 0.5) is 0 Å². The smallest absolute Gasteiger partial charge is 0.120 e. The lowest BCUT2D eigenvalue weighted by Gasteiger charge is -2.19. The van der Waals surface area contributed by atoms with Gasteiger partial charge in [-0.05, 0) is 18.6 Å². The van der Waals surface area contributed by atoms with Gasteiger partial charge in [0.2, 0.25) is 0 Å². The summed E-state index contributed by atoms with van der Waals surface area (Å²) in [5, 5.41) is 0. The highest BCUT2D eigenvalue weighted by Gasteiger charge is 2.23. The third-order valence-corrected chi connectivity index (χ3v) is 8.09. The molecule has 0 saturated carbocycles. The molecule has 0 aromatic carbocycles. The van der Waals surface area contributed by atoms with Crippen LogP contribution in [0.25, 0.3) is 0 Å². The Morgan fingerprint density at radius 2 is 1.00 bits per heavy atom. The van der Waals surface area contributed by atoms with Gasteiger partial charge in [0, 0.05) is 43.6 Å². The number of unbranched alkanes of at least 4 members (excludes halogenated alkanes) is 14. The van der Waals surface area contributed by atoms with Crippen molar-refractivity contribution in [2.24, 2.45) is 0 Å². The van der Waals surface area contributed by atoms with Gasteiger partial charge in [-0.15, -0.1) is 0 Å². The summed E-state index contributed by atoms with van der Waals surface area (Å²) in [5.74, 6) is 4.87. The minimum absolute atomic E-state index is 0.271. The number of thioether (sulfide) groups is 1. The molecule has 0 aliphatic heterocycles. The number of rotatable bonds is 23. The molecule has 0 saturated heterocycles. The predicted octanol–water partition coefficient (Wildman–Crippen LogP) is 9.25. The van der Waals surface area contributed by atoms with Gasteiger partial charge in [0.15, 0.2) is 0 Å². The average Bonchev–Trinajstić information content (AvgIpc) is 3.53. The summed E-state index contributed by atoms with van der Waals surface area (Å²) in [4.78, 5) is 9.71. The van der Waals surface area contributed by atoms with Crippen LogP contribution < -0.4 is 0 Å². The number of nitrogens with zero attached hydrogens (tertiary/aromatic N) is 4. The standard InChI is InChI=1S/C30H54N4S/c1-4-7-9-11-13-15-17-19-23-33-25-21-31-29(33)28(27-35-6-3)30-32-22-26-34(30)24-20-18-16-14-12-10-8-5-2/h21-22,25-26,28H,4-20,23-24,27H2,1-3H3. The van der Waals surface area contributed by atoms with E-state index in [9.17, 15) is 0 Å². The van der Waals surface area contributed by atoms with E-state index in [1.807, 2.05) is 24.2 Å². The lowest BCUT2D eigenvalue weighted by atomic mass is 10.1. The second-order valence-electron chi connectivity index (χ2n) is 10.1. The molecular formula is C30H54N4S. The van der Waals surface area contributed by atoms with Crippen LogP contribution in [0.1, 0.15) is 141 Å². The van der Waals surface area contributed by atoms with Gasteiger partial charge in [-0.1, -0.05) is 111 Å². The van der Waals surface area contributed by atoms with Crippen LogP contribution in [0.2, 0.25) is 0 Å². The molecule has 2 aromatic rings. The first kappa shape index (κ1) is 30.0. The summed E-state index contributed by atoms with van der Waals surface area (Å²) in [7, 11) is 0. The largest absolute Gasteiger partial charge is 0.334 e. The highest BCUT2D eigenvalue weighted by molar-refractivity contribution is 7.99. The van der Waals surface area contributed by atoms with Crippen molar-refractivity contribution >= 4 is 11.8 Å². The van der Waals surface area contributed by atoms with E-state index >= 15 is 0 Å². The van der Waals surface area contributed by atoms with Crippen LogP contribution in [-0.4, -0.2) is 30.6 Å². The maximum absolute atomic E-state index is 4.86. The van der Waals surface area contributed by atoms with Crippen molar-refractivity contribution in [3.63, 3.8) is 0 Å². The zero-order chi connectivity index (χ0) is 25.0. The topological polar surface area (TPSA) is 35.6 Å². The van der Waals surface area contributed by atoms with Crippen LogP contribution >= 0.6 is 11.8 Å². The molecule has 2 heterocycles. The molecule has 4 nitrogen and oxygen atoms in total. The van der Waals surface area contributed by atoms with E-state index < -0.39 is 0 Å². The molecule has 2 rings (SSSR count). The SMILES string of the molecule is CCCCCCCCCCn1ccnc1C(CSCC)c1nccn1CCCCCCCCCC. The number of hydrogen-bond donors (Lipinski definition) is 0. The zero-order valence-electron chi connectivity index (χ0n) is 23.2. The van der Waals surface area contributed by atoms with Crippen LogP contribution in [-0.2, 0) is 13.1 Å². The van der Waals surface area contributed by atoms with Gasteiger partial charge < -0.3 is 9.13 Å². The summed E-state index contributed by atoms with van der Waals surface area (Å²) in [5.41, 5.74) is 0. The van der Waals surface area contributed by atoms with Crippen molar-refractivity contribution in [2.75, 3.05) is 11.5 Å². The van der Waals surface area contributed by atoms with Crippen molar-refractivity contribution in [3.05, 3.63) is 36.4 Å². The molecule has 35 heavy (non-hydrogen) atoms. The molecule has 2 aromatic heterocycles. The van der Waals surface area contributed by atoms with E-state index in [0.717, 1.165) is 24.6 Å².